The maximum Gasteiger partial charge on any atom is 0.268 e. The molecular formula is C5H6N4O2. The van der Waals surface area contributed by atoms with E-state index < -0.39 is 5.91 Å². The quantitative estimate of drug-likeness (QED) is 0.513. The molecule has 0 aromatic carbocycles. The Morgan fingerprint density at radius 3 is 2.82 bits per heavy atom. The number of amides is 1. The van der Waals surface area contributed by atoms with E-state index in [9.17, 15) is 4.79 Å². The van der Waals surface area contributed by atoms with Gasteiger partial charge >= 0.3 is 0 Å². The molecule has 11 heavy (non-hydrogen) atoms. The minimum absolute atomic E-state index is 0. The van der Waals surface area contributed by atoms with Crippen molar-refractivity contribution in [2.75, 3.05) is 0 Å². The highest BCUT2D eigenvalue weighted by atomic mass is 16.1. The lowest BCUT2D eigenvalue weighted by Gasteiger charge is -1.85. The average molecular weight is 154 g/mol. The smallest absolute Gasteiger partial charge is 0.268 e. The van der Waals surface area contributed by atoms with Crippen molar-refractivity contribution in [1.82, 2.24) is 9.97 Å². The van der Waals surface area contributed by atoms with E-state index in [0.717, 1.165) is 0 Å². The zero-order valence-electron chi connectivity index (χ0n) is 5.46. The van der Waals surface area contributed by atoms with Gasteiger partial charge in [0.25, 0.3) is 5.91 Å². The fraction of sp³-hybridized carbons (Fsp3) is 0. The highest BCUT2D eigenvalue weighted by molar-refractivity contribution is 5.92. The van der Waals surface area contributed by atoms with Crippen molar-refractivity contribution in [3.63, 3.8) is 0 Å². The number of aromatic nitrogens is 2. The summed E-state index contributed by atoms with van der Waals surface area (Å²) in [6.07, 6.45) is 1.25. The minimum Gasteiger partial charge on any atom is -0.412 e. The Balaban J connectivity index is 0.000001000. The number of aromatic amines is 1. The van der Waals surface area contributed by atoms with Gasteiger partial charge in [-0.2, -0.15) is 5.26 Å². The maximum absolute atomic E-state index is 10.4. The van der Waals surface area contributed by atoms with Crippen LogP contribution in [0.15, 0.2) is 6.33 Å². The van der Waals surface area contributed by atoms with Crippen LogP contribution in [0.2, 0.25) is 0 Å². The molecule has 6 heteroatoms. The SMILES string of the molecule is N#Cc1nc[nH]c1C(N)=O.O. The van der Waals surface area contributed by atoms with Gasteiger partial charge in [0.15, 0.2) is 5.69 Å². The number of hydrogen-bond acceptors (Lipinski definition) is 3. The van der Waals surface area contributed by atoms with E-state index in [4.69, 9.17) is 11.0 Å². The van der Waals surface area contributed by atoms with Gasteiger partial charge in [-0.3, -0.25) is 4.79 Å². The third-order valence-corrected chi connectivity index (χ3v) is 0.992. The number of imidazole rings is 1. The molecule has 0 radical (unpaired) electrons. The highest BCUT2D eigenvalue weighted by Gasteiger charge is 2.08. The molecule has 1 aromatic heterocycles. The van der Waals surface area contributed by atoms with Crippen molar-refractivity contribution in [2.24, 2.45) is 5.73 Å². The first-order valence-corrected chi connectivity index (χ1v) is 2.49. The van der Waals surface area contributed by atoms with Crippen molar-refractivity contribution < 1.29 is 10.3 Å². The van der Waals surface area contributed by atoms with E-state index in [0.29, 0.717) is 0 Å². The normalized spacial score (nSPS) is 7.91. The first-order chi connectivity index (χ1) is 4.75. The summed E-state index contributed by atoms with van der Waals surface area (Å²) in [7, 11) is 0. The van der Waals surface area contributed by atoms with Gasteiger partial charge < -0.3 is 16.2 Å². The van der Waals surface area contributed by atoms with E-state index in [1.807, 2.05) is 0 Å². The number of nitrogens with zero attached hydrogens (tertiary/aromatic N) is 2. The molecule has 0 atom stereocenters. The molecular weight excluding hydrogens is 148 g/mol. The van der Waals surface area contributed by atoms with Crippen LogP contribution in [-0.4, -0.2) is 21.4 Å². The Hall–Kier alpha value is -1.87. The molecule has 0 saturated heterocycles. The van der Waals surface area contributed by atoms with Gasteiger partial charge in [-0.25, -0.2) is 4.98 Å². The van der Waals surface area contributed by atoms with Crippen LogP contribution >= 0.6 is 0 Å². The number of hydrogen-bond donors (Lipinski definition) is 2. The summed E-state index contributed by atoms with van der Waals surface area (Å²) >= 11 is 0. The third-order valence-electron chi connectivity index (χ3n) is 0.992. The topological polar surface area (TPSA) is 127 Å². The van der Waals surface area contributed by atoms with Gasteiger partial charge in [0.2, 0.25) is 0 Å². The number of carbonyl (C=O) groups excluding carboxylic acids is 1. The van der Waals surface area contributed by atoms with Crippen LogP contribution in [0.3, 0.4) is 0 Å². The minimum atomic E-state index is -0.672. The largest absolute Gasteiger partial charge is 0.412 e. The van der Waals surface area contributed by atoms with Crippen LogP contribution in [0, 0.1) is 11.3 Å². The number of nitrogens with one attached hydrogen (secondary N) is 1. The van der Waals surface area contributed by atoms with Gasteiger partial charge in [0.05, 0.1) is 6.33 Å². The first-order valence-electron chi connectivity index (χ1n) is 2.49. The molecule has 1 heterocycles. The summed E-state index contributed by atoms with van der Waals surface area (Å²) in [5.41, 5.74) is 4.97. The van der Waals surface area contributed by atoms with Gasteiger partial charge in [-0.05, 0) is 0 Å². The predicted molar refractivity (Wildman–Crippen MR) is 35.4 cm³/mol. The van der Waals surface area contributed by atoms with Gasteiger partial charge in [-0.1, -0.05) is 0 Å². The van der Waals surface area contributed by atoms with Gasteiger partial charge in [0.1, 0.15) is 11.8 Å². The molecule has 0 saturated carbocycles. The molecule has 0 unspecified atom stereocenters. The van der Waals surface area contributed by atoms with Crippen LogP contribution in [-0.2, 0) is 0 Å². The Kier molecular flexibility index (Phi) is 2.77. The molecule has 5 N–H and O–H groups in total. The fourth-order valence-electron chi connectivity index (χ4n) is 0.567. The molecule has 1 amide bonds. The summed E-state index contributed by atoms with van der Waals surface area (Å²) in [4.78, 5) is 16.4. The molecule has 0 spiro atoms. The second-order valence-corrected chi connectivity index (χ2v) is 1.60. The molecule has 0 bridgehead atoms. The van der Waals surface area contributed by atoms with E-state index >= 15 is 0 Å². The summed E-state index contributed by atoms with van der Waals surface area (Å²) in [6.45, 7) is 0. The van der Waals surface area contributed by atoms with Crippen LogP contribution in [0.5, 0.6) is 0 Å². The third kappa shape index (κ3) is 1.53. The first kappa shape index (κ1) is 9.13. The number of H-pyrrole nitrogens is 1. The molecule has 0 aliphatic heterocycles. The number of nitrogens with two attached hydrogens (primary N) is 1. The molecule has 0 fully saturated rings. The maximum atomic E-state index is 10.4. The Bertz CT molecular complexity index is 298. The second kappa shape index (κ2) is 3.34. The van der Waals surface area contributed by atoms with Crippen molar-refractivity contribution in [1.29, 1.82) is 5.26 Å². The zero-order chi connectivity index (χ0) is 7.56. The Labute approximate surface area is 62.0 Å². The summed E-state index contributed by atoms with van der Waals surface area (Å²) in [6, 6.07) is 1.71. The summed E-state index contributed by atoms with van der Waals surface area (Å²) in [5, 5.41) is 8.32. The van der Waals surface area contributed by atoms with Gasteiger partial charge in [0, 0.05) is 0 Å². The number of carbonyl (C=O) groups is 1. The lowest BCUT2D eigenvalue weighted by molar-refractivity contribution is 0.0996. The molecule has 1 aromatic rings. The lowest BCUT2D eigenvalue weighted by Crippen LogP contribution is -2.12. The molecule has 6 nitrogen and oxygen atoms in total. The molecule has 0 aliphatic rings. The highest BCUT2D eigenvalue weighted by Crippen LogP contribution is 1.97. The second-order valence-electron chi connectivity index (χ2n) is 1.60. The number of primary amides is 1. The summed E-state index contributed by atoms with van der Waals surface area (Å²) < 4.78 is 0. The summed E-state index contributed by atoms with van der Waals surface area (Å²) in [5.74, 6) is -0.672. The van der Waals surface area contributed by atoms with Gasteiger partial charge in [-0.15, -0.1) is 0 Å². The van der Waals surface area contributed by atoms with Crippen LogP contribution in [0.1, 0.15) is 16.2 Å². The van der Waals surface area contributed by atoms with Crippen LogP contribution in [0.25, 0.3) is 0 Å². The predicted octanol–water partition coefficient (Wildman–Crippen LogP) is -1.44. The van der Waals surface area contributed by atoms with E-state index in [-0.39, 0.29) is 16.9 Å². The van der Waals surface area contributed by atoms with E-state index in [1.165, 1.54) is 6.33 Å². The average Bonchev–Trinajstić information content (AvgIpc) is 2.33. The molecule has 58 valence electrons. The van der Waals surface area contributed by atoms with E-state index in [1.54, 1.807) is 6.07 Å². The van der Waals surface area contributed by atoms with E-state index in [2.05, 4.69) is 9.97 Å². The monoisotopic (exact) mass is 154 g/mol. The number of nitriles is 1. The van der Waals surface area contributed by atoms with Crippen LogP contribution in [0.4, 0.5) is 0 Å². The number of rotatable bonds is 1. The fourth-order valence-corrected chi connectivity index (χ4v) is 0.567. The van der Waals surface area contributed by atoms with Crippen LogP contribution < -0.4 is 5.73 Å². The lowest BCUT2D eigenvalue weighted by atomic mass is 10.3. The van der Waals surface area contributed by atoms with Crippen molar-refractivity contribution in [2.45, 2.75) is 0 Å². The van der Waals surface area contributed by atoms with Crippen molar-refractivity contribution in [3.8, 4) is 6.07 Å². The zero-order valence-corrected chi connectivity index (χ0v) is 5.46. The van der Waals surface area contributed by atoms with Crippen molar-refractivity contribution in [3.05, 3.63) is 17.7 Å². The molecule has 0 aliphatic carbocycles. The molecule has 1 rings (SSSR count). The Morgan fingerprint density at radius 2 is 2.45 bits per heavy atom. The Morgan fingerprint density at radius 1 is 1.82 bits per heavy atom. The van der Waals surface area contributed by atoms with Crippen molar-refractivity contribution >= 4 is 5.91 Å². The standard InChI is InChI=1S/C5H4N4O.H2O/c6-1-3-4(5(7)10)9-2-8-3;/h2H,(H2,7,10)(H,8,9);1H2.